The number of piperazine rings is 1. The maximum atomic E-state index is 13.3. The molecule has 0 bridgehead atoms. The van der Waals surface area contributed by atoms with Crippen molar-refractivity contribution in [3.8, 4) is 23.0 Å². The van der Waals surface area contributed by atoms with Crippen LogP contribution in [0.25, 0.3) is 28.0 Å². The van der Waals surface area contributed by atoms with Gasteiger partial charge >= 0.3 is 12.3 Å². The quantitative estimate of drug-likeness (QED) is 0.368. The Balaban J connectivity index is 1.53. The predicted molar refractivity (Wildman–Crippen MR) is 137 cm³/mol. The molecule has 1 saturated heterocycles. The van der Waals surface area contributed by atoms with Gasteiger partial charge in [-0.1, -0.05) is 0 Å². The van der Waals surface area contributed by atoms with Gasteiger partial charge in [0.2, 0.25) is 5.60 Å². The van der Waals surface area contributed by atoms with E-state index in [4.69, 9.17) is 4.74 Å². The number of carbonyl (C=O) groups excluding carboxylic acids is 1. The molecular weight excluding hydrogens is 527 g/mol. The van der Waals surface area contributed by atoms with E-state index < -0.39 is 17.9 Å². The summed E-state index contributed by atoms with van der Waals surface area (Å²) in [4.78, 5) is 37.6. The number of amides is 1. The Morgan fingerprint density at radius 1 is 1.12 bits per heavy atom. The number of ether oxygens (including phenoxy) is 1. The van der Waals surface area contributed by atoms with Crippen LogP contribution in [0.3, 0.4) is 0 Å². The van der Waals surface area contributed by atoms with Crippen LogP contribution in [-0.4, -0.2) is 77.9 Å². The van der Waals surface area contributed by atoms with Crippen molar-refractivity contribution in [3.05, 3.63) is 55.1 Å². The van der Waals surface area contributed by atoms with Crippen LogP contribution in [0.1, 0.15) is 26.3 Å². The molecule has 5 heterocycles. The summed E-state index contributed by atoms with van der Waals surface area (Å²) in [6, 6.07) is 5.03. The number of nitriles is 1. The van der Waals surface area contributed by atoms with Crippen molar-refractivity contribution in [2.45, 2.75) is 38.6 Å². The van der Waals surface area contributed by atoms with Gasteiger partial charge in [-0.3, -0.25) is 4.57 Å². The first-order chi connectivity index (χ1) is 19.0. The number of nitrogens with zero attached hydrogens (tertiary/aromatic N) is 9. The van der Waals surface area contributed by atoms with E-state index in [9.17, 15) is 23.2 Å². The van der Waals surface area contributed by atoms with Crippen LogP contribution < -0.4 is 4.90 Å². The van der Waals surface area contributed by atoms with Gasteiger partial charge in [-0.05, 0) is 32.9 Å². The van der Waals surface area contributed by atoms with Crippen molar-refractivity contribution in [2.24, 2.45) is 0 Å². The molecule has 4 aromatic heterocycles. The van der Waals surface area contributed by atoms with Crippen LogP contribution in [0, 0.1) is 11.3 Å². The van der Waals surface area contributed by atoms with Gasteiger partial charge in [0, 0.05) is 61.6 Å². The van der Waals surface area contributed by atoms with Crippen LogP contribution in [-0.2, 0) is 4.74 Å². The standard InChI is InChI=1S/C26H24F3N9O2/c1-16-12-36(24(39)40-25(2,3)26(27,28)29)6-7-37(16)22-21-19(18-10-31-14-32-11-18)13-38(23(21)35-15-34-22)20-8-17(9-30)4-5-33-20/h4-5,8,10-11,13-16H,6-7,12H2,1-3H3/t16-/m0/s1. The molecule has 14 heteroatoms. The van der Waals surface area contributed by atoms with E-state index in [0.717, 1.165) is 19.4 Å². The average molecular weight is 552 g/mol. The molecule has 1 amide bonds. The Morgan fingerprint density at radius 2 is 1.88 bits per heavy atom. The molecule has 1 fully saturated rings. The van der Waals surface area contributed by atoms with Crippen LogP contribution in [0.5, 0.6) is 0 Å². The van der Waals surface area contributed by atoms with E-state index in [0.29, 0.717) is 33.8 Å². The van der Waals surface area contributed by atoms with Crippen molar-refractivity contribution in [1.29, 1.82) is 5.26 Å². The van der Waals surface area contributed by atoms with Gasteiger partial charge in [0.15, 0.2) is 5.65 Å². The summed E-state index contributed by atoms with van der Waals surface area (Å²) in [6.07, 6.45) is 3.76. The molecule has 206 valence electrons. The van der Waals surface area contributed by atoms with E-state index >= 15 is 0 Å². The SMILES string of the molecule is C[C@H]1CN(C(=O)OC(C)(C)C(F)(F)F)CCN1c1ncnc2c1c(-c1cncnc1)cn2-c1cc(C#N)ccn1. The lowest BCUT2D eigenvalue weighted by atomic mass is 10.1. The number of hydrogen-bond acceptors (Lipinski definition) is 9. The summed E-state index contributed by atoms with van der Waals surface area (Å²) >= 11 is 0. The zero-order chi connectivity index (χ0) is 28.7. The average Bonchev–Trinajstić information content (AvgIpc) is 3.33. The van der Waals surface area contributed by atoms with Gasteiger partial charge in [0.25, 0.3) is 0 Å². The Labute approximate surface area is 226 Å². The van der Waals surface area contributed by atoms with Crippen molar-refractivity contribution < 1.29 is 22.7 Å². The first-order valence-electron chi connectivity index (χ1n) is 12.3. The third-order valence-corrected chi connectivity index (χ3v) is 6.74. The highest BCUT2D eigenvalue weighted by Gasteiger charge is 2.51. The lowest BCUT2D eigenvalue weighted by Gasteiger charge is -2.41. The number of pyridine rings is 1. The highest BCUT2D eigenvalue weighted by atomic mass is 19.4. The number of hydrogen-bond donors (Lipinski definition) is 0. The number of alkyl halides is 3. The topological polar surface area (TPSA) is 126 Å². The summed E-state index contributed by atoms with van der Waals surface area (Å²) < 4.78 is 46.4. The number of halogens is 3. The Kier molecular flexibility index (Phi) is 6.74. The molecule has 40 heavy (non-hydrogen) atoms. The molecular formula is C26H24F3N9O2. The fourth-order valence-corrected chi connectivity index (χ4v) is 4.49. The second-order valence-electron chi connectivity index (χ2n) is 9.81. The molecule has 0 saturated carbocycles. The Morgan fingerprint density at radius 3 is 2.55 bits per heavy atom. The second-order valence-corrected chi connectivity index (χ2v) is 9.81. The number of carbonyl (C=O) groups is 1. The molecule has 5 rings (SSSR count). The first kappa shape index (κ1) is 26.8. The van der Waals surface area contributed by atoms with E-state index in [1.807, 2.05) is 18.0 Å². The molecule has 0 spiro atoms. The molecule has 0 unspecified atom stereocenters. The van der Waals surface area contributed by atoms with Crippen LogP contribution in [0.2, 0.25) is 0 Å². The first-order valence-corrected chi connectivity index (χ1v) is 12.3. The summed E-state index contributed by atoms with van der Waals surface area (Å²) in [7, 11) is 0. The number of rotatable bonds is 4. The van der Waals surface area contributed by atoms with Crippen molar-refractivity contribution in [3.63, 3.8) is 0 Å². The van der Waals surface area contributed by atoms with Crippen LogP contribution in [0.4, 0.5) is 23.8 Å². The van der Waals surface area contributed by atoms with Crippen molar-refractivity contribution >= 4 is 22.9 Å². The fourth-order valence-electron chi connectivity index (χ4n) is 4.49. The molecule has 1 aliphatic rings. The largest absolute Gasteiger partial charge is 0.434 e. The molecule has 0 aliphatic carbocycles. The molecule has 1 aliphatic heterocycles. The molecule has 0 aromatic carbocycles. The zero-order valence-corrected chi connectivity index (χ0v) is 21.8. The third-order valence-electron chi connectivity index (χ3n) is 6.74. The maximum Gasteiger partial charge on any atom is 0.427 e. The van der Waals surface area contributed by atoms with Gasteiger partial charge in [0.1, 0.15) is 24.3 Å². The van der Waals surface area contributed by atoms with Gasteiger partial charge in [-0.15, -0.1) is 0 Å². The minimum absolute atomic E-state index is 0.120. The number of anilines is 1. The monoisotopic (exact) mass is 551 g/mol. The summed E-state index contributed by atoms with van der Waals surface area (Å²) in [6.45, 7) is 4.02. The number of fused-ring (bicyclic) bond motifs is 1. The lowest BCUT2D eigenvalue weighted by molar-refractivity contribution is -0.246. The molecule has 0 N–H and O–H groups in total. The van der Waals surface area contributed by atoms with E-state index in [2.05, 4.69) is 31.0 Å². The Hall–Kier alpha value is -4.80. The van der Waals surface area contributed by atoms with Crippen molar-refractivity contribution in [2.75, 3.05) is 24.5 Å². The molecule has 0 radical (unpaired) electrons. The Bertz CT molecular complexity index is 1600. The summed E-state index contributed by atoms with van der Waals surface area (Å²) in [5.74, 6) is 1.04. The highest BCUT2D eigenvalue weighted by Crippen LogP contribution is 2.38. The molecule has 4 aromatic rings. The molecule has 1 atom stereocenters. The summed E-state index contributed by atoms with van der Waals surface area (Å²) in [5.41, 5.74) is -0.252. The predicted octanol–water partition coefficient (Wildman–Crippen LogP) is 4.13. The van der Waals surface area contributed by atoms with Gasteiger partial charge in [0.05, 0.1) is 17.0 Å². The van der Waals surface area contributed by atoms with Gasteiger partial charge in [-0.25, -0.2) is 29.7 Å². The smallest absolute Gasteiger partial charge is 0.427 e. The zero-order valence-electron chi connectivity index (χ0n) is 21.8. The minimum Gasteiger partial charge on any atom is -0.434 e. The minimum atomic E-state index is -4.70. The normalized spacial score (nSPS) is 16.2. The van der Waals surface area contributed by atoms with E-state index in [-0.39, 0.29) is 25.7 Å². The summed E-state index contributed by atoms with van der Waals surface area (Å²) in [5, 5.41) is 10.1. The van der Waals surface area contributed by atoms with Gasteiger partial charge < -0.3 is 14.5 Å². The van der Waals surface area contributed by atoms with E-state index in [1.165, 1.54) is 23.8 Å². The van der Waals surface area contributed by atoms with E-state index in [1.54, 1.807) is 29.1 Å². The van der Waals surface area contributed by atoms with Gasteiger partial charge in [-0.2, -0.15) is 18.4 Å². The van der Waals surface area contributed by atoms with Crippen LogP contribution >= 0.6 is 0 Å². The van der Waals surface area contributed by atoms with Crippen LogP contribution in [0.15, 0.2) is 49.6 Å². The molecule has 11 nitrogen and oxygen atoms in total. The second kappa shape index (κ2) is 10.1. The third kappa shape index (κ3) is 4.86. The fraction of sp³-hybridized carbons (Fsp3) is 0.346. The highest BCUT2D eigenvalue weighted by molar-refractivity contribution is 6.02. The lowest BCUT2D eigenvalue weighted by Crippen LogP contribution is -2.56. The van der Waals surface area contributed by atoms with Crippen molar-refractivity contribution in [1.82, 2.24) is 34.4 Å². The number of aromatic nitrogens is 6. The maximum absolute atomic E-state index is 13.3.